The van der Waals surface area contributed by atoms with Gasteiger partial charge in [-0.1, -0.05) is 36.8 Å². The van der Waals surface area contributed by atoms with Gasteiger partial charge in [0.25, 0.3) is 5.91 Å². The first-order chi connectivity index (χ1) is 12.0. The summed E-state index contributed by atoms with van der Waals surface area (Å²) in [6.07, 6.45) is 1.44. The van der Waals surface area contributed by atoms with Crippen LogP contribution < -0.4 is 0 Å². The van der Waals surface area contributed by atoms with Crippen LogP contribution in [0.2, 0.25) is 0 Å². The van der Waals surface area contributed by atoms with Gasteiger partial charge in [-0.3, -0.25) is 9.69 Å². The molecule has 3 rings (SSSR count). The molecule has 2 heterocycles. The van der Waals surface area contributed by atoms with Crippen molar-refractivity contribution >= 4 is 5.91 Å². The fraction of sp³-hybridized carbons (Fsp3) is 0.650. The number of amides is 1. The van der Waals surface area contributed by atoms with Crippen LogP contribution in [-0.4, -0.2) is 77.1 Å². The maximum Gasteiger partial charge on any atom is 0.256 e. The van der Waals surface area contributed by atoms with Crippen LogP contribution in [0.5, 0.6) is 0 Å². The molecule has 138 valence electrons. The van der Waals surface area contributed by atoms with Crippen molar-refractivity contribution in [1.82, 2.24) is 14.7 Å². The van der Waals surface area contributed by atoms with Crippen LogP contribution in [0.1, 0.15) is 30.9 Å². The molecule has 1 atom stereocenters. The standard InChI is InChI=1S/C20H31N3O2/c1-3-21-10-12-22(13-11-21)16-20(25)8-5-9-23(19(20)24)15-18-7-4-6-17(2)14-18/h4,6-7,14,25H,3,5,8-13,15-16H2,1-2H3. The number of carbonyl (C=O) groups is 1. The molecule has 2 aliphatic rings. The van der Waals surface area contributed by atoms with Gasteiger partial charge in [0.2, 0.25) is 0 Å². The van der Waals surface area contributed by atoms with Crippen molar-refractivity contribution in [3.05, 3.63) is 35.4 Å². The Bertz CT molecular complexity index is 598. The van der Waals surface area contributed by atoms with Crippen LogP contribution in [0.4, 0.5) is 0 Å². The highest BCUT2D eigenvalue weighted by Gasteiger charge is 2.43. The predicted octanol–water partition coefficient (Wildman–Crippen LogP) is 1.49. The summed E-state index contributed by atoms with van der Waals surface area (Å²) in [5.41, 5.74) is 1.11. The Morgan fingerprint density at radius 1 is 1.12 bits per heavy atom. The topological polar surface area (TPSA) is 47.0 Å². The first kappa shape index (κ1) is 18.4. The van der Waals surface area contributed by atoms with E-state index in [4.69, 9.17) is 0 Å². The van der Waals surface area contributed by atoms with Gasteiger partial charge in [0, 0.05) is 45.8 Å². The fourth-order valence-electron chi connectivity index (χ4n) is 4.03. The van der Waals surface area contributed by atoms with Crippen molar-refractivity contribution in [3.8, 4) is 0 Å². The minimum atomic E-state index is -1.23. The number of piperazine rings is 1. The van der Waals surface area contributed by atoms with Gasteiger partial charge in [0.05, 0.1) is 0 Å². The van der Waals surface area contributed by atoms with E-state index in [0.29, 0.717) is 19.5 Å². The molecule has 25 heavy (non-hydrogen) atoms. The van der Waals surface area contributed by atoms with Crippen molar-refractivity contribution in [1.29, 1.82) is 0 Å². The van der Waals surface area contributed by atoms with Crippen LogP contribution in [0, 0.1) is 6.92 Å². The molecule has 1 amide bonds. The first-order valence-electron chi connectivity index (χ1n) is 9.52. The highest BCUT2D eigenvalue weighted by Crippen LogP contribution is 2.26. The number of aryl methyl sites for hydroxylation is 1. The fourth-order valence-corrected chi connectivity index (χ4v) is 4.03. The lowest BCUT2D eigenvalue weighted by Crippen LogP contribution is -2.60. The Balaban J connectivity index is 1.62. The molecule has 1 N–H and O–H groups in total. The molecule has 5 nitrogen and oxygen atoms in total. The van der Waals surface area contributed by atoms with Crippen molar-refractivity contribution in [2.24, 2.45) is 0 Å². The summed E-state index contributed by atoms with van der Waals surface area (Å²) in [4.78, 5) is 19.5. The average Bonchev–Trinajstić information content (AvgIpc) is 2.60. The van der Waals surface area contributed by atoms with E-state index in [-0.39, 0.29) is 5.91 Å². The Morgan fingerprint density at radius 2 is 1.84 bits per heavy atom. The molecule has 2 aliphatic heterocycles. The molecule has 5 heteroatoms. The molecule has 0 saturated carbocycles. The normalized spacial score (nSPS) is 26.2. The van der Waals surface area contributed by atoms with Gasteiger partial charge in [-0.05, 0) is 31.9 Å². The second-order valence-electron chi connectivity index (χ2n) is 7.56. The van der Waals surface area contributed by atoms with Gasteiger partial charge in [-0.25, -0.2) is 0 Å². The predicted molar refractivity (Wildman–Crippen MR) is 99.3 cm³/mol. The molecule has 0 aromatic heterocycles. The smallest absolute Gasteiger partial charge is 0.256 e. The van der Waals surface area contributed by atoms with E-state index in [1.165, 1.54) is 5.56 Å². The van der Waals surface area contributed by atoms with Crippen molar-refractivity contribution in [2.45, 2.75) is 38.8 Å². The molecular formula is C20H31N3O2. The number of likely N-dealkylation sites (N-methyl/N-ethyl adjacent to an activating group) is 1. The van der Waals surface area contributed by atoms with Gasteiger partial charge in [-0.15, -0.1) is 0 Å². The lowest BCUT2D eigenvalue weighted by atomic mass is 9.90. The van der Waals surface area contributed by atoms with Crippen LogP contribution in [0.25, 0.3) is 0 Å². The number of benzene rings is 1. The number of aliphatic hydroxyl groups is 1. The molecule has 2 saturated heterocycles. The highest BCUT2D eigenvalue weighted by molar-refractivity contribution is 5.86. The van der Waals surface area contributed by atoms with Crippen molar-refractivity contribution < 1.29 is 9.90 Å². The number of β-amino-alcohol motifs (C(OH)–C–C–N with tert-alkyl or cyclic N) is 1. The van der Waals surface area contributed by atoms with Gasteiger partial charge in [0.1, 0.15) is 0 Å². The van der Waals surface area contributed by atoms with Crippen LogP contribution in [-0.2, 0) is 11.3 Å². The third kappa shape index (κ3) is 4.40. The zero-order valence-electron chi connectivity index (χ0n) is 15.6. The Kier molecular flexibility index (Phi) is 5.77. The van der Waals surface area contributed by atoms with Gasteiger partial charge in [0.15, 0.2) is 5.60 Å². The maximum atomic E-state index is 13.0. The molecule has 1 aromatic rings. The van der Waals surface area contributed by atoms with E-state index in [0.717, 1.165) is 51.3 Å². The van der Waals surface area contributed by atoms with Gasteiger partial charge >= 0.3 is 0 Å². The quantitative estimate of drug-likeness (QED) is 0.878. The third-order valence-electron chi connectivity index (χ3n) is 5.56. The molecule has 2 fully saturated rings. The largest absolute Gasteiger partial charge is 0.379 e. The molecule has 1 unspecified atom stereocenters. The lowest BCUT2D eigenvalue weighted by Gasteiger charge is -2.43. The SMILES string of the molecule is CCN1CCN(CC2(O)CCCN(Cc3cccc(C)c3)C2=O)CC1. The number of carbonyl (C=O) groups excluding carboxylic acids is 1. The lowest BCUT2D eigenvalue weighted by molar-refractivity contribution is -0.160. The summed E-state index contributed by atoms with van der Waals surface area (Å²) < 4.78 is 0. The van der Waals surface area contributed by atoms with Crippen LogP contribution >= 0.6 is 0 Å². The summed E-state index contributed by atoms with van der Waals surface area (Å²) in [6, 6.07) is 8.26. The van der Waals surface area contributed by atoms with E-state index in [2.05, 4.69) is 41.8 Å². The summed E-state index contributed by atoms with van der Waals surface area (Å²) in [5.74, 6) is -0.0989. The Morgan fingerprint density at radius 3 is 2.52 bits per heavy atom. The van der Waals surface area contributed by atoms with E-state index in [9.17, 15) is 9.90 Å². The van der Waals surface area contributed by atoms with E-state index >= 15 is 0 Å². The number of rotatable bonds is 5. The van der Waals surface area contributed by atoms with E-state index in [1.807, 2.05) is 11.0 Å². The molecular weight excluding hydrogens is 314 g/mol. The molecule has 0 radical (unpaired) electrons. The number of hydrogen-bond acceptors (Lipinski definition) is 4. The first-order valence-corrected chi connectivity index (χ1v) is 9.52. The molecule has 1 aromatic carbocycles. The Hall–Kier alpha value is -1.43. The molecule has 0 aliphatic carbocycles. The number of nitrogens with zero attached hydrogens (tertiary/aromatic N) is 3. The number of piperidine rings is 1. The minimum absolute atomic E-state index is 0.0989. The molecule has 0 spiro atoms. The third-order valence-corrected chi connectivity index (χ3v) is 5.56. The van der Waals surface area contributed by atoms with E-state index in [1.54, 1.807) is 0 Å². The minimum Gasteiger partial charge on any atom is -0.379 e. The van der Waals surface area contributed by atoms with Crippen molar-refractivity contribution in [3.63, 3.8) is 0 Å². The summed E-state index contributed by atoms with van der Waals surface area (Å²) in [5, 5.41) is 11.1. The highest BCUT2D eigenvalue weighted by atomic mass is 16.3. The van der Waals surface area contributed by atoms with Crippen LogP contribution in [0.3, 0.4) is 0 Å². The zero-order chi connectivity index (χ0) is 17.9. The monoisotopic (exact) mass is 345 g/mol. The zero-order valence-corrected chi connectivity index (χ0v) is 15.6. The van der Waals surface area contributed by atoms with E-state index < -0.39 is 5.60 Å². The van der Waals surface area contributed by atoms with Crippen molar-refractivity contribution in [2.75, 3.05) is 45.8 Å². The molecule has 0 bridgehead atoms. The summed E-state index contributed by atoms with van der Waals surface area (Å²) >= 11 is 0. The number of hydrogen-bond donors (Lipinski definition) is 1. The maximum absolute atomic E-state index is 13.0. The van der Waals surface area contributed by atoms with Gasteiger partial charge in [-0.2, -0.15) is 0 Å². The second kappa shape index (κ2) is 7.85. The summed E-state index contributed by atoms with van der Waals surface area (Å²) in [7, 11) is 0. The Labute approximate surface area is 151 Å². The second-order valence-corrected chi connectivity index (χ2v) is 7.56. The number of likely N-dealkylation sites (tertiary alicyclic amines) is 1. The van der Waals surface area contributed by atoms with Gasteiger partial charge < -0.3 is 14.9 Å². The summed E-state index contributed by atoms with van der Waals surface area (Å²) in [6.45, 7) is 11.0. The van der Waals surface area contributed by atoms with Crippen LogP contribution in [0.15, 0.2) is 24.3 Å². The average molecular weight is 345 g/mol.